The van der Waals surface area contributed by atoms with E-state index in [1.807, 2.05) is 0 Å². The summed E-state index contributed by atoms with van der Waals surface area (Å²) >= 11 is 1.70. The van der Waals surface area contributed by atoms with Gasteiger partial charge in [-0.3, -0.25) is 4.79 Å². The Bertz CT molecular complexity index is 171. The van der Waals surface area contributed by atoms with Crippen LogP contribution in [-0.4, -0.2) is 29.6 Å². The number of ether oxygens (including phenoxy) is 1. The molecule has 0 aliphatic carbocycles. The topological polar surface area (TPSA) is 52.3 Å². The number of methoxy groups -OCH3 is 1. The van der Waals surface area contributed by atoms with E-state index < -0.39 is 5.54 Å². The molecule has 13 heavy (non-hydrogen) atoms. The molecule has 0 fully saturated rings. The second-order valence-electron chi connectivity index (χ2n) is 3.44. The molecule has 0 aliphatic heterocycles. The molecular weight excluding hydrogens is 186 g/mol. The lowest BCUT2D eigenvalue weighted by Gasteiger charge is -2.22. The van der Waals surface area contributed by atoms with Gasteiger partial charge in [-0.15, -0.1) is 0 Å². The lowest BCUT2D eigenvalue weighted by atomic mass is 10.1. The van der Waals surface area contributed by atoms with Crippen LogP contribution in [0, 0.1) is 0 Å². The summed E-state index contributed by atoms with van der Waals surface area (Å²) in [6.45, 7) is 5.94. The van der Waals surface area contributed by atoms with Gasteiger partial charge in [-0.05, 0) is 13.3 Å². The number of rotatable bonds is 5. The van der Waals surface area contributed by atoms with E-state index in [4.69, 9.17) is 5.73 Å². The first-order valence-electron chi connectivity index (χ1n) is 4.43. The minimum absolute atomic E-state index is 0.344. The molecule has 4 heteroatoms. The van der Waals surface area contributed by atoms with E-state index in [1.165, 1.54) is 7.11 Å². The van der Waals surface area contributed by atoms with E-state index in [2.05, 4.69) is 18.6 Å². The van der Waals surface area contributed by atoms with Gasteiger partial charge in [0.05, 0.1) is 7.11 Å². The third-order valence-corrected chi connectivity index (χ3v) is 3.56. The fraction of sp³-hybridized carbons (Fsp3) is 0.889. The highest BCUT2D eigenvalue weighted by molar-refractivity contribution is 7.99. The molecule has 0 bridgehead atoms. The van der Waals surface area contributed by atoms with Gasteiger partial charge in [0.15, 0.2) is 0 Å². The molecule has 0 aliphatic rings. The summed E-state index contributed by atoms with van der Waals surface area (Å²) in [5.74, 6) is 0.262. The van der Waals surface area contributed by atoms with Crippen LogP contribution >= 0.6 is 11.8 Å². The molecule has 0 rings (SSSR count). The molecule has 0 saturated heterocycles. The van der Waals surface area contributed by atoms with Crippen molar-refractivity contribution < 1.29 is 9.53 Å². The first kappa shape index (κ1) is 12.8. The van der Waals surface area contributed by atoms with Gasteiger partial charge in [-0.25, -0.2) is 0 Å². The van der Waals surface area contributed by atoms with E-state index in [0.29, 0.717) is 11.0 Å². The van der Waals surface area contributed by atoms with Crippen molar-refractivity contribution in [3.8, 4) is 0 Å². The summed E-state index contributed by atoms with van der Waals surface area (Å²) < 4.78 is 4.60. The molecule has 0 aromatic carbocycles. The fourth-order valence-electron chi connectivity index (χ4n) is 0.725. The van der Waals surface area contributed by atoms with Crippen LogP contribution in [0.25, 0.3) is 0 Å². The predicted molar refractivity (Wildman–Crippen MR) is 56.8 cm³/mol. The largest absolute Gasteiger partial charge is 0.468 e. The molecule has 78 valence electrons. The highest BCUT2D eigenvalue weighted by Gasteiger charge is 2.29. The first-order valence-corrected chi connectivity index (χ1v) is 5.47. The van der Waals surface area contributed by atoms with Crippen LogP contribution in [-0.2, 0) is 9.53 Å². The Labute approximate surface area is 84.4 Å². The number of hydrogen-bond donors (Lipinski definition) is 1. The Morgan fingerprint density at radius 3 is 2.62 bits per heavy atom. The summed E-state index contributed by atoms with van der Waals surface area (Å²) in [5, 5.41) is 0.535. The fourth-order valence-corrected chi connectivity index (χ4v) is 1.71. The lowest BCUT2D eigenvalue weighted by Crippen LogP contribution is -2.48. The maximum absolute atomic E-state index is 11.2. The van der Waals surface area contributed by atoms with E-state index in [0.717, 1.165) is 6.42 Å². The van der Waals surface area contributed by atoms with Crippen LogP contribution in [0.4, 0.5) is 0 Å². The summed E-state index contributed by atoms with van der Waals surface area (Å²) in [6.07, 6.45) is 1.09. The average molecular weight is 205 g/mol. The standard InChI is InChI=1S/C9H19NO2S/c1-5-7(2)13-6-9(3,10)8(11)12-4/h7H,5-6,10H2,1-4H3. The third kappa shape index (κ3) is 4.52. The normalized spacial score (nSPS) is 17.6. The quantitative estimate of drug-likeness (QED) is 0.689. The van der Waals surface area contributed by atoms with Crippen LogP contribution in [0.3, 0.4) is 0 Å². The molecule has 2 N–H and O–H groups in total. The van der Waals surface area contributed by atoms with Crippen molar-refractivity contribution in [3.05, 3.63) is 0 Å². The van der Waals surface area contributed by atoms with Crippen LogP contribution in [0.2, 0.25) is 0 Å². The van der Waals surface area contributed by atoms with Crippen molar-refractivity contribution >= 4 is 17.7 Å². The summed E-state index contributed by atoms with van der Waals surface area (Å²) in [5.41, 5.74) is 4.92. The van der Waals surface area contributed by atoms with Crippen LogP contribution in [0.15, 0.2) is 0 Å². The Morgan fingerprint density at radius 2 is 2.23 bits per heavy atom. The SMILES string of the molecule is CCC(C)SCC(C)(N)C(=O)OC. The highest BCUT2D eigenvalue weighted by Crippen LogP contribution is 2.19. The second kappa shape index (κ2) is 5.50. The summed E-state index contributed by atoms with van der Waals surface area (Å²) in [7, 11) is 1.36. The van der Waals surface area contributed by atoms with Crippen LogP contribution in [0.1, 0.15) is 27.2 Å². The van der Waals surface area contributed by atoms with Crippen molar-refractivity contribution in [3.63, 3.8) is 0 Å². The van der Waals surface area contributed by atoms with Crippen molar-refractivity contribution in [1.82, 2.24) is 0 Å². The second-order valence-corrected chi connectivity index (χ2v) is 4.87. The Hall–Kier alpha value is -0.220. The van der Waals surface area contributed by atoms with Gasteiger partial charge >= 0.3 is 5.97 Å². The maximum atomic E-state index is 11.2. The molecule has 0 spiro atoms. The Morgan fingerprint density at radius 1 is 1.69 bits per heavy atom. The molecule has 2 atom stereocenters. The molecule has 0 aromatic heterocycles. The number of nitrogens with two attached hydrogens (primary N) is 1. The first-order chi connectivity index (χ1) is 5.94. The molecule has 2 unspecified atom stereocenters. The molecule has 0 heterocycles. The van der Waals surface area contributed by atoms with E-state index >= 15 is 0 Å². The number of thioether (sulfide) groups is 1. The number of carbonyl (C=O) groups is 1. The smallest absolute Gasteiger partial charge is 0.326 e. The molecule has 3 nitrogen and oxygen atoms in total. The predicted octanol–water partition coefficient (Wildman–Crippen LogP) is 1.41. The summed E-state index contributed by atoms with van der Waals surface area (Å²) in [6, 6.07) is 0. The van der Waals surface area contributed by atoms with Gasteiger partial charge in [-0.2, -0.15) is 11.8 Å². The maximum Gasteiger partial charge on any atom is 0.326 e. The van der Waals surface area contributed by atoms with Gasteiger partial charge in [0.25, 0.3) is 0 Å². The molecule has 0 amide bonds. The van der Waals surface area contributed by atoms with Gasteiger partial charge in [0.1, 0.15) is 5.54 Å². The van der Waals surface area contributed by atoms with Gasteiger partial charge in [0, 0.05) is 11.0 Å². The monoisotopic (exact) mass is 205 g/mol. The number of esters is 1. The highest BCUT2D eigenvalue weighted by atomic mass is 32.2. The van der Waals surface area contributed by atoms with Crippen molar-refractivity contribution in [2.75, 3.05) is 12.9 Å². The van der Waals surface area contributed by atoms with E-state index in [1.54, 1.807) is 18.7 Å². The Balaban J connectivity index is 3.95. The van der Waals surface area contributed by atoms with Crippen LogP contribution in [0.5, 0.6) is 0 Å². The zero-order valence-electron chi connectivity index (χ0n) is 8.79. The van der Waals surface area contributed by atoms with Crippen molar-refractivity contribution in [2.45, 2.75) is 38.0 Å². The summed E-state index contributed by atoms with van der Waals surface area (Å²) in [4.78, 5) is 11.2. The van der Waals surface area contributed by atoms with Crippen molar-refractivity contribution in [1.29, 1.82) is 0 Å². The molecular formula is C9H19NO2S. The van der Waals surface area contributed by atoms with Crippen LogP contribution < -0.4 is 5.73 Å². The van der Waals surface area contributed by atoms with Gasteiger partial charge in [-0.1, -0.05) is 13.8 Å². The van der Waals surface area contributed by atoms with Crippen molar-refractivity contribution in [2.24, 2.45) is 5.73 Å². The third-order valence-electron chi connectivity index (χ3n) is 1.89. The molecule has 0 saturated carbocycles. The zero-order chi connectivity index (χ0) is 10.5. The van der Waals surface area contributed by atoms with Gasteiger partial charge in [0.2, 0.25) is 0 Å². The van der Waals surface area contributed by atoms with Gasteiger partial charge < -0.3 is 10.5 Å². The molecule has 0 aromatic rings. The number of carbonyl (C=O) groups excluding carboxylic acids is 1. The minimum atomic E-state index is -0.858. The molecule has 0 radical (unpaired) electrons. The Kier molecular flexibility index (Phi) is 5.40. The average Bonchev–Trinajstić information content (AvgIpc) is 2.12. The van der Waals surface area contributed by atoms with E-state index in [-0.39, 0.29) is 5.97 Å². The minimum Gasteiger partial charge on any atom is -0.468 e. The lowest BCUT2D eigenvalue weighted by molar-refractivity contribution is -0.145. The number of hydrogen-bond acceptors (Lipinski definition) is 4. The van der Waals surface area contributed by atoms with E-state index in [9.17, 15) is 4.79 Å². The zero-order valence-corrected chi connectivity index (χ0v) is 9.61.